The highest BCUT2D eigenvalue weighted by Crippen LogP contribution is 2.35. The van der Waals surface area contributed by atoms with Crippen LogP contribution in [0.5, 0.6) is 5.88 Å². The van der Waals surface area contributed by atoms with Gasteiger partial charge in [0.25, 0.3) is 0 Å². The van der Waals surface area contributed by atoms with E-state index >= 15 is 0 Å². The minimum atomic E-state index is -3.88. The number of ether oxygens (including phenoxy) is 1. The first-order chi connectivity index (χ1) is 16.2. The average Bonchev–Trinajstić information content (AvgIpc) is 2.83. The summed E-state index contributed by atoms with van der Waals surface area (Å²) in [6, 6.07) is 20.8. The smallest absolute Gasteiger partial charge is 0.238 e. The molecule has 0 saturated heterocycles. The van der Waals surface area contributed by atoms with Gasteiger partial charge in [0, 0.05) is 11.1 Å². The zero-order chi connectivity index (χ0) is 24.3. The molecule has 0 spiro atoms. The second-order valence-electron chi connectivity index (χ2n) is 7.34. The van der Waals surface area contributed by atoms with Crippen molar-refractivity contribution in [3.8, 4) is 34.3 Å². The molecule has 0 aliphatic rings. The number of nitrogens with zero attached hydrogens (tertiary/aromatic N) is 2. The average molecular weight is 477 g/mol. The second kappa shape index (κ2) is 9.39. The molecule has 0 radical (unpaired) electrons. The normalized spacial score (nSPS) is 11.1. The first-order valence-corrected chi connectivity index (χ1v) is 11.5. The Labute approximate surface area is 194 Å². The Morgan fingerprint density at radius 1 is 0.882 bits per heavy atom. The fraction of sp³-hybridized carbons (Fsp3) is 0.0400. The highest BCUT2D eigenvalue weighted by atomic mass is 32.2. The third-order valence-electron chi connectivity index (χ3n) is 5.01. The number of primary sulfonamides is 1. The number of benzene rings is 3. The van der Waals surface area contributed by atoms with Gasteiger partial charge in [0.1, 0.15) is 29.9 Å². The molecule has 1 heterocycles. The summed E-state index contributed by atoms with van der Waals surface area (Å²) in [5, 5.41) is 14.9. The van der Waals surface area contributed by atoms with Crippen LogP contribution in [0.3, 0.4) is 0 Å². The molecule has 4 rings (SSSR count). The van der Waals surface area contributed by atoms with Crippen LogP contribution < -0.4 is 9.88 Å². The topological polar surface area (TPSA) is 106 Å². The molecule has 0 fully saturated rings. The van der Waals surface area contributed by atoms with Crippen LogP contribution in [0.1, 0.15) is 11.1 Å². The molecule has 0 bridgehead atoms. The third-order valence-corrected chi connectivity index (χ3v) is 5.94. The summed E-state index contributed by atoms with van der Waals surface area (Å²) in [5.74, 6) is -0.753. The number of hydrogen-bond acceptors (Lipinski definition) is 5. The monoisotopic (exact) mass is 477 g/mol. The van der Waals surface area contributed by atoms with Gasteiger partial charge in [0.05, 0.1) is 10.6 Å². The van der Waals surface area contributed by atoms with Crippen molar-refractivity contribution in [1.29, 1.82) is 5.26 Å². The molecule has 170 valence electrons. The predicted octanol–water partition coefficient (Wildman–Crippen LogP) is 4.79. The maximum atomic E-state index is 13.5. The molecule has 0 unspecified atom stereocenters. The summed E-state index contributed by atoms with van der Waals surface area (Å²) in [7, 11) is -3.88. The number of nitriles is 1. The Morgan fingerprint density at radius 2 is 1.44 bits per heavy atom. The first kappa shape index (κ1) is 23.0. The van der Waals surface area contributed by atoms with Gasteiger partial charge in [-0.3, -0.25) is 0 Å². The van der Waals surface area contributed by atoms with Crippen LogP contribution in [-0.2, 0) is 16.6 Å². The fourth-order valence-electron chi connectivity index (χ4n) is 3.29. The number of halogens is 2. The number of pyridine rings is 1. The maximum absolute atomic E-state index is 13.5. The van der Waals surface area contributed by atoms with Gasteiger partial charge >= 0.3 is 0 Å². The fourth-order valence-corrected chi connectivity index (χ4v) is 3.81. The summed E-state index contributed by atoms with van der Waals surface area (Å²) in [6.45, 7) is 0.0488. The molecular weight excluding hydrogens is 460 g/mol. The molecule has 0 amide bonds. The van der Waals surface area contributed by atoms with Gasteiger partial charge in [0.15, 0.2) is 0 Å². The Bertz CT molecular complexity index is 1480. The largest absolute Gasteiger partial charge is 0.472 e. The third kappa shape index (κ3) is 5.09. The highest BCUT2D eigenvalue weighted by molar-refractivity contribution is 7.89. The van der Waals surface area contributed by atoms with Crippen LogP contribution in [0.2, 0.25) is 0 Å². The zero-order valence-electron chi connectivity index (χ0n) is 17.6. The molecule has 4 aromatic rings. The number of sulfonamides is 1. The van der Waals surface area contributed by atoms with Crippen LogP contribution in [0.4, 0.5) is 8.78 Å². The van der Waals surface area contributed by atoms with Crippen molar-refractivity contribution in [2.24, 2.45) is 5.14 Å². The molecule has 3 aromatic carbocycles. The lowest BCUT2D eigenvalue weighted by Gasteiger charge is -2.14. The van der Waals surface area contributed by atoms with Crippen molar-refractivity contribution < 1.29 is 21.9 Å². The lowest BCUT2D eigenvalue weighted by atomic mass is 9.98. The lowest BCUT2D eigenvalue weighted by molar-refractivity contribution is 0.293. The molecule has 34 heavy (non-hydrogen) atoms. The molecule has 9 heteroatoms. The molecule has 0 aliphatic heterocycles. The van der Waals surface area contributed by atoms with E-state index in [1.54, 1.807) is 30.3 Å². The van der Waals surface area contributed by atoms with Crippen molar-refractivity contribution in [3.63, 3.8) is 0 Å². The van der Waals surface area contributed by atoms with E-state index in [0.717, 1.165) is 0 Å². The van der Waals surface area contributed by atoms with Gasteiger partial charge in [-0.25, -0.2) is 27.3 Å². The van der Waals surface area contributed by atoms with Crippen molar-refractivity contribution in [2.45, 2.75) is 11.5 Å². The summed E-state index contributed by atoms with van der Waals surface area (Å²) in [6.07, 6.45) is 0. The molecule has 0 saturated carbocycles. The van der Waals surface area contributed by atoms with E-state index in [1.165, 1.54) is 48.5 Å². The van der Waals surface area contributed by atoms with E-state index in [0.29, 0.717) is 27.9 Å². The highest BCUT2D eigenvalue weighted by Gasteiger charge is 2.17. The van der Waals surface area contributed by atoms with E-state index in [9.17, 15) is 22.5 Å². The first-order valence-electron chi connectivity index (χ1n) is 9.96. The van der Waals surface area contributed by atoms with Crippen LogP contribution in [0, 0.1) is 23.0 Å². The van der Waals surface area contributed by atoms with E-state index in [4.69, 9.17) is 9.88 Å². The van der Waals surface area contributed by atoms with Gasteiger partial charge in [-0.15, -0.1) is 0 Å². The van der Waals surface area contributed by atoms with Crippen LogP contribution >= 0.6 is 0 Å². The van der Waals surface area contributed by atoms with Gasteiger partial charge in [0.2, 0.25) is 15.9 Å². The Kier molecular flexibility index (Phi) is 6.36. The molecule has 1 aromatic heterocycles. The van der Waals surface area contributed by atoms with Crippen LogP contribution in [0.15, 0.2) is 83.8 Å². The summed E-state index contributed by atoms with van der Waals surface area (Å²) in [5.41, 5.74) is 2.86. The Balaban J connectivity index is 1.80. The van der Waals surface area contributed by atoms with Gasteiger partial charge < -0.3 is 4.74 Å². The predicted molar refractivity (Wildman–Crippen MR) is 122 cm³/mol. The molecule has 6 nitrogen and oxygen atoms in total. The van der Waals surface area contributed by atoms with Gasteiger partial charge in [-0.2, -0.15) is 5.26 Å². The van der Waals surface area contributed by atoms with Gasteiger partial charge in [-0.05, 0) is 65.7 Å². The quantitative estimate of drug-likeness (QED) is 0.430. The van der Waals surface area contributed by atoms with E-state index in [-0.39, 0.29) is 28.8 Å². The van der Waals surface area contributed by atoms with Gasteiger partial charge in [-0.1, -0.05) is 24.3 Å². The van der Waals surface area contributed by atoms with Crippen LogP contribution in [-0.4, -0.2) is 13.4 Å². The molecule has 0 atom stereocenters. The standard InChI is InChI=1S/C25H17F2N3O3S/c26-20-7-1-16(2-8-20)15-33-25-19(14-28)13-23(17-5-11-22(12-6-17)34(29,31)32)24(30-25)18-3-9-21(27)10-4-18/h1-13H,15H2,(H2,29,31,32). The summed E-state index contributed by atoms with van der Waals surface area (Å²) >= 11 is 0. The Hall–Kier alpha value is -4.13. The van der Waals surface area contributed by atoms with Crippen molar-refractivity contribution in [3.05, 3.63) is 102 Å². The SMILES string of the molecule is N#Cc1cc(-c2ccc(S(N)(=O)=O)cc2)c(-c2ccc(F)cc2)nc1OCc1ccc(F)cc1. The van der Waals surface area contributed by atoms with E-state index < -0.39 is 15.8 Å². The second-order valence-corrected chi connectivity index (χ2v) is 8.90. The number of rotatable bonds is 6. The van der Waals surface area contributed by atoms with E-state index in [2.05, 4.69) is 11.1 Å². The minimum Gasteiger partial charge on any atom is -0.472 e. The Morgan fingerprint density at radius 3 is 2.00 bits per heavy atom. The zero-order valence-corrected chi connectivity index (χ0v) is 18.4. The van der Waals surface area contributed by atoms with Crippen LogP contribution in [0.25, 0.3) is 22.4 Å². The number of aromatic nitrogens is 1. The van der Waals surface area contributed by atoms with Crippen molar-refractivity contribution in [1.82, 2.24) is 4.98 Å². The summed E-state index contributed by atoms with van der Waals surface area (Å²) in [4.78, 5) is 4.48. The number of hydrogen-bond donors (Lipinski definition) is 1. The van der Waals surface area contributed by atoms with Crippen molar-refractivity contribution >= 4 is 10.0 Å². The molecule has 2 N–H and O–H groups in total. The van der Waals surface area contributed by atoms with Crippen molar-refractivity contribution in [2.75, 3.05) is 0 Å². The lowest BCUT2D eigenvalue weighted by Crippen LogP contribution is -2.11. The molecular formula is C25H17F2N3O3S. The minimum absolute atomic E-state index is 0.0488. The van der Waals surface area contributed by atoms with E-state index in [1.807, 2.05) is 0 Å². The molecule has 0 aliphatic carbocycles. The number of nitrogens with two attached hydrogens (primary N) is 1. The maximum Gasteiger partial charge on any atom is 0.238 e. The summed E-state index contributed by atoms with van der Waals surface area (Å²) < 4.78 is 55.7.